The van der Waals surface area contributed by atoms with Gasteiger partial charge in [-0.1, -0.05) is 6.92 Å². The van der Waals surface area contributed by atoms with Crippen molar-refractivity contribution in [3.63, 3.8) is 0 Å². The molecule has 0 unspecified atom stereocenters. The van der Waals surface area contributed by atoms with Crippen LogP contribution in [0.3, 0.4) is 0 Å². The lowest BCUT2D eigenvalue weighted by Gasteiger charge is -2.09. The number of pyridine rings is 1. The third-order valence-corrected chi connectivity index (χ3v) is 2.76. The van der Waals surface area contributed by atoms with Crippen LogP contribution in [0.1, 0.15) is 24.6 Å². The van der Waals surface area contributed by atoms with Gasteiger partial charge in [-0.2, -0.15) is 18.3 Å². The molecule has 1 N–H and O–H groups in total. The summed E-state index contributed by atoms with van der Waals surface area (Å²) in [4.78, 5) is 3.95. The van der Waals surface area contributed by atoms with Gasteiger partial charge in [-0.15, -0.1) is 0 Å². The van der Waals surface area contributed by atoms with E-state index in [0.717, 1.165) is 24.6 Å². The van der Waals surface area contributed by atoms with E-state index in [4.69, 9.17) is 0 Å². The molecule has 0 saturated heterocycles. The second kappa shape index (κ2) is 6.04. The van der Waals surface area contributed by atoms with Gasteiger partial charge in [-0.3, -0.25) is 4.98 Å². The molecule has 0 aliphatic carbocycles. The van der Waals surface area contributed by atoms with Crippen LogP contribution in [0.5, 0.6) is 0 Å². The van der Waals surface area contributed by atoms with Gasteiger partial charge in [0, 0.05) is 18.9 Å². The third-order valence-electron chi connectivity index (χ3n) is 2.76. The summed E-state index contributed by atoms with van der Waals surface area (Å²) in [5, 5.41) is 6.77. The predicted octanol–water partition coefficient (Wildman–Crippen LogP) is 2.79. The van der Waals surface area contributed by atoms with Crippen molar-refractivity contribution in [2.75, 3.05) is 6.54 Å². The van der Waals surface area contributed by atoms with Crippen LogP contribution in [-0.2, 0) is 12.7 Å². The Bertz CT molecular complexity index is 563. The number of hydrogen-bond acceptors (Lipinski definition) is 3. The van der Waals surface area contributed by atoms with Gasteiger partial charge < -0.3 is 5.32 Å². The highest BCUT2D eigenvalue weighted by Gasteiger charge is 2.33. The molecule has 0 saturated carbocycles. The van der Waals surface area contributed by atoms with Crippen molar-refractivity contribution in [3.05, 3.63) is 42.0 Å². The van der Waals surface area contributed by atoms with Gasteiger partial charge in [0.05, 0.1) is 11.9 Å². The maximum Gasteiger partial charge on any atom is 0.435 e. The topological polar surface area (TPSA) is 42.7 Å². The molecule has 108 valence electrons. The number of rotatable bonds is 5. The molecule has 0 aromatic carbocycles. The van der Waals surface area contributed by atoms with Crippen LogP contribution in [0.2, 0.25) is 0 Å². The number of aromatic nitrogens is 3. The lowest BCUT2D eigenvalue weighted by Crippen LogP contribution is -2.16. The molecule has 2 aromatic heterocycles. The van der Waals surface area contributed by atoms with Gasteiger partial charge in [-0.05, 0) is 30.7 Å². The van der Waals surface area contributed by atoms with E-state index in [1.807, 2.05) is 6.92 Å². The molecule has 0 bridgehead atoms. The summed E-state index contributed by atoms with van der Waals surface area (Å²) in [6.07, 6.45) is 0.967. The minimum absolute atomic E-state index is 0.548. The molecule has 2 rings (SSSR count). The van der Waals surface area contributed by atoms with Crippen LogP contribution >= 0.6 is 0 Å². The predicted molar refractivity (Wildman–Crippen MR) is 68.4 cm³/mol. The molecule has 0 spiro atoms. The lowest BCUT2D eigenvalue weighted by atomic mass is 10.2. The Labute approximate surface area is 114 Å². The van der Waals surface area contributed by atoms with E-state index in [0.29, 0.717) is 12.2 Å². The van der Waals surface area contributed by atoms with Crippen LogP contribution in [0.15, 0.2) is 30.7 Å². The SMILES string of the molecule is CCCNCc1ccncc1-n1ccc(C(F)(F)F)n1. The van der Waals surface area contributed by atoms with Gasteiger partial charge in [0.1, 0.15) is 0 Å². The fourth-order valence-electron chi connectivity index (χ4n) is 1.78. The number of hydrogen-bond donors (Lipinski definition) is 1. The Balaban J connectivity index is 2.26. The summed E-state index contributed by atoms with van der Waals surface area (Å²) in [5.74, 6) is 0. The second-order valence-corrected chi connectivity index (χ2v) is 4.32. The van der Waals surface area contributed by atoms with Crippen LogP contribution in [0.4, 0.5) is 13.2 Å². The van der Waals surface area contributed by atoms with E-state index in [1.165, 1.54) is 17.1 Å². The number of nitrogens with one attached hydrogen (secondary N) is 1. The fourth-order valence-corrected chi connectivity index (χ4v) is 1.78. The van der Waals surface area contributed by atoms with Crippen molar-refractivity contribution in [1.29, 1.82) is 0 Å². The Morgan fingerprint density at radius 1 is 1.30 bits per heavy atom. The van der Waals surface area contributed by atoms with Crippen LogP contribution in [0, 0.1) is 0 Å². The van der Waals surface area contributed by atoms with Crippen molar-refractivity contribution < 1.29 is 13.2 Å². The summed E-state index contributed by atoms with van der Waals surface area (Å²) in [7, 11) is 0. The van der Waals surface area contributed by atoms with Gasteiger partial charge in [0.25, 0.3) is 0 Å². The molecule has 0 radical (unpaired) electrons. The van der Waals surface area contributed by atoms with Gasteiger partial charge in [0.15, 0.2) is 5.69 Å². The largest absolute Gasteiger partial charge is 0.435 e. The van der Waals surface area contributed by atoms with Crippen LogP contribution in [-0.4, -0.2) is 21.3 Å². The first-order valence-corrected chi connectivity index (χ1v) is 6.29. The zero-order valence-corrected chi connectivity index (χ0v) is 11.0. The molecule has 2 heterocycles. The van der Waals surface area contributed by atoms with Gasteiger partial charge in [0.2, 0.25) is 0 Å². The smallest absolute Gasteiger partial charge is 0.313 e. The van der Waals surface area contributed by atoms with E-state index in [2.05, 4.69) is 15.4 Å². The highest BCUT2D eigenvalue weighted by Crippen LogP contribution is 2.28. The van der Waals surface area contributed by atoms with E-state index in [-0.39, 0.29) is 0 Å². The van der Waals surface area contributed by atoms with Gasteiger partial charge >= 0.3 is 6.18 Å². The number of nitrogens with zero attached hydrogens (tertiary/aromatic N) is 3. The van der Waals surface area contributed by atoms with Gasteiger partial charge in [-0.25, -0.2) is 4.68 Å². The van der Waals surface area contributed by atoms with Crippen molar-refractivity contribution in [3.8, 4) is 5.69 Å². The molecule has 20 heavy (non-hydrogen) atoms. The summed E-state index contributed by atoms with van der Waals surface area (Å²) in [6, 6.07) is 2.73. The van der Waals surface area contributed by atoms with Crippen molar-refractivity contribution in [2.24, 2.45) is 0 Å². The Morgan fingerprint density at radius 3 is 2.75 bits per heavy atom. The average Bonchev–Trinajstić information content (AvgIpc) is 2.89. The highest BCUT2D eigenvalue weighted by atomic mass is 19.4. The molecular formula is C13H15F3N4. The first-order valence-electron chi connectivity index (χ1n) is 6.29. The highest BCUT2D eigenvalue weighted by molar-refractivity contribution is 5.37. The monoisotopic (exact) mass is 284 g/mol. The van der Waals surface area contributed by atoms with Crippen LogP contribution < -0.4 is 5.32 Å². The van der Waals surface area contributed by atoms with E-state index >= 15 is 0 Å². The first-order chi connectivity index (χ1) is 9.52. The maximum atomic E-state index is 12.6. The molecule has 2 aromatic rings. The van der Waals surface area contributed by atoms with Crippen molar-refractivity contribution in [2.45, 2.75) is 26.1 Å². The normalized spacial score (nSPS) is 11.8. The molecule has 0 aliphatic rings. The Morgan fingerprint density at radius 2 is 2.10 bits per heavy atom. The zero-order chi connectivity index (χ0) is 14.6. The van der Waals surface area contributed by atoms with Crippen molar-refractivity contribution in [1.82, 2.24) is 20.1 Å². The third kappa shape index (κ3) is 3.36. The molecule has 7 heteroatoms. The quantitative estimate of drug-likeness (QED) is 0.859. The van der Waals surface area contributed by atoms with E-state index < -0.39 is 11.9 Å². The molecule has 4 nitrogen and oxygen atoms in total. The van der Waals surface area contributed by atoms with Crippen molar-refractivity contribution >= 4 is 0 Å². The molecule has 0 amide bonds. The summed E-state index contributed by atoms with van der Waals surface area (Å²) < 4.78 is 38.9. The minimum Gasteiger partial charge on any atom is -0.313 e. The zero-order valence-electron chi connectivity index (χ0n) is 11.0. The van der Waals surface area contributed by atoms with E-state index in [1.54, 1.807) is 12.3 Å². The number of halogens is 3. The average molecular weight is 284 g/mol. The maximum absolute atomic E-state index is 12.6. The lowest BCUT2D eigenvalue weighted by molar-refractivity contribution is -0.141. The summed E-state index contributed by atoms with van der Waals surface area (Å²) in [6.45, 7) is 3.45. The summed E-state index contributed by atoms with van der Waals surface area (Å²) in [5.41, 5.74) is 0.491. The fraction of sp³-hybridized carbons (Fsp3) is 0.385. The Hall–Kier alpha value is -1.89. The molecule has 0 atom stereocenters. The first kappa shape index (κ1) is 14.5. The molecular weight excluding hydrogens is 269 g/mol. The van der Waals surface area contributed by atoms with E-state index in [9.17, 15) is 13.2 Å². The molecule has 0 fully saturated rings. The minimum atomic E-state index is -4.44. The van der Waals surface area contributed by atoms with Crippen LogP contribution in [0.25, 0.3) is 5.69 Å². The molecule has 0 aliphatic heterocycles. The second-order valence-electron chi connectivity index (χ2n) is 4.32. The Kier molecular flexibility index (Phi) is 4.39. The summed E-state index contributed by atoms with van der Waals surface area (Å²) >= 11 is 0. The number of alkyl halides is 3. The standard InChI is InChI=1S/C13H15F3N4/c1-2-5-17-8-10-3-6-18-9-11(10)20-7-4-12(19-20)13(14,15)16/h3-4,6-7,9,17H,2,5,8H2,1H3.